The number of halogens is 1. The molecule has 2 aromatic rings. The SMILES string of the molecule is COc1ccc(C=C2C(=O)NC(=O)N(c3ccc(Br)c(C)c3)C2=O)c(C)c1. The number of ether oxygens (including phenoxy) is 1. The molecule has 3 rings (SSSR count). The zero-order valence-corrected chi connectivity index (χ0v) is 16.6. The van der Waals surface area contributed by atoms with Crippen molar-refractivity contribution in [3.63, 3.8) is 0 Å². The quantitative estimate of drug-likeness (QED) is 0.596. The van der Waals surface area contributed by atoms with Gasteiger partial charge in [-0.1, -0.05) is 22.0 Å². The molecule has 1 N–H and O–H groups in total. The molecule has 6 nitrogen and oxygen atoms in total. The van der Waals surface area contributed by atoms with Crippen LogP contribution >= 0.6 is 15.9 Å². The van der Waals surface area contributed by atoms with E-state index in [0.29, 0.717) is 17.0 Å². The Kier molecular flexibility index (Phi) is 5.14. The standard InChI is InChI=1S/C20H17BrN2O4/c1-11-9-15(27-3)6-4-13(11)10-16-18(24)22-20(26)23(19(16)25)14-5-7-17(21)12(2)8-14/h4-10H,1-3H3,(H,22,24,26). The van der Waals surface area contributed by atoms with Crippen molar-refractivity contribution < 1.29 is 19.1 Å². The first-order chi connectivity index (χ1) is 12.8. The Labute approximate surface area is 164 Å². The van der Waals surface area contributed by atoms with Gasteiger partial charge >= 0.3 is 6.03 Å². The predicted molar refractivity (Wildman–Crippen MR) is 106 cm³/mol. The van der Waals surface area contributed by atoms with E-state index in [-0.39, 0.29) is 5.57 Å². The Morgan fingerprint density at radius 2 is 1.78 bits per heavy atom. The maximum atomic E-state index is 12.9. The topological polar surface area (TPSA) is 75.7 Å². The second-order valence-corrected chi connectivity index (χ2v) is 6.97. The Morgan fingerprint density at radius 3 is 2.41 bits per heavy atom. The smallest absolute Gasteiger partial charge is 0.335 e. The zero-order valence-electron chi connectivity index (χ0n) is 15.0. The largest absolute Gasteiger partial charge is 0.497 e. The summed E-state index contributed by atoms with van der Waals surface area (Å²) in [6.45, 7) is 3.70. The highest BCUT2D eigenvalue weighted by Gasteiger charge is 2.37. The highest BCUT2D eigenvalue weighted by molar-refractivity contribution is 9.10. The van der Waals surface area contributed by atoms with Crippen molar-refractivity contribution in [1.29, 1.82) is 0 Å². The van der Waals surface area contributed by atoms with Crippen molar-refractivity contribution in [1.82, 2.24) is 5.32 Å². The van der Waals surface area contributed by atoms with E-state index in [1.54, 1.807) is 43.5 Å². The zero-order chi connectivity index (χ0) is 19.7. The molecule has 0 saturated carbocycles. The molecular weight excluding hydrogens is 412 g/mol. The number of urea groups is 1. The number of nitrogens with one attached hydrogen (secondary N) is 1. The van der Waals surface area contributed by atoms with Gasteiger partial charge in [-0.15, -0.1) is 0 Å². The average Bonchev–Trinajstić information content (AvgIpc) is 2.62. The van der Waals surface area contributed by atoms with Crippen LogP contribution < -0.4 is 15.0 Å². The molecule has 1 aliphatic heterocycles. The lowest BCUT2D eigenvalue weighted by molar-refractivity contribution is -0.122. The number of hydrogen-bond donors (Lipinski definition) is 1. The summed E-state index contributed by atoms with van der Waals surface area (Å²) in [5.74, 6) is -0.706. The molecule has 7 heteroatoms. The van der Waals surface area contributed by atoms with E-state index in [1.807, 2.05) is 13.8 Å². The first kappa shape index (κ1) is 18.8. The van der Waals surface area contributed by atoms with E-state index >= 15 is 0 Å². The molecule has 0 atom stereocenters. The number of methoxy groups -OCH3 is 1. The number of aryl methyl sites for hydroxylation is 2. The molecule has 1 fully saturated rings. The third-order valence-electron chi connectivity index (χ3n) is 4.28. The summed E-state index contributed by atoms with van der Waals surface area (Å²) < 4.78 is 6.03. The number of amides is 4. The number of rotatable bonds is 3. The number of benzene rings is 2. The Balaban J connectivity index is 2.03. The number of carbonyl (C=O) groups is 3. The number of carbonyl (C=O) groups excluding carboxylic acids is 3. The number of imide groups is 2. The van der Waals surface area contributed by atoms with Crippen LogP contribution in [0.3, 0.4) is 0 Å². The second kappa shape index (κ2) is 7.36. The minimum atomic E-state index is -0.768. The first-order valence-electron chi connectivity index (χ1n) is 8.14. The first-order valence-corrected chi connectivity index (χ1v) is 8.93. The highest BCUT2D eigenvalue weighted by Crippen LogP contribution is 2.27. The number of nitrogens with zero attached hydrogens (tertiary/aromatic N) is 1. The lowest BCUT2D eigenvalue weighted by Crippen LogP contribution is -2.54. The molecule has 1 saturated heterocycles. The molecule has 0 aliphatic carbocycles. The van der Waals surface area contributed by atoms with Crippen molar-refractivity contribution in [2.75, 3.05) is 12.0 Å². The van der Waals surface area contributed by atoms with Crippen LogP contribution in [0.25, 0.3) is 6.08 Å². The molecule has 1 heterocycles. The number of hydrogen-bond acceptors (Lipinski definition) is 4. The van der Waals surface area contributed by atoms with Crippen molar-refractivity contribution >= 4 is 45.5 Å². The molecule has 4 amide bonds. The van der Waals surface area contributed by atoms with Crippen LogP contribution in [0.2, 0.25) is 0 Å². The van der Waals surface area contributed by atoms with Gasteiger partial charge in [0.15, 0.2) is 0 Å². The average molecular weight is 429 g/mol. The molecule has 0 aromatic heterocycles. The lowest BCUT2D eigenvalue weighted by Gasteiger charge is -2.26. The van der Waals surface area contributed by atoms with Gasteiger partial charge in [0.05, 0.1) is 12.8 Å². The minimum Gasteiger partial charge on any atom is -0.497 e. The van der Waals surface area contributed by atoms with E-state index in [2.05, 4.69) is 21.2 Å². The normalized spacial score (nSPS) is 15.9. The molecule has 138 valence electrons. The van der Waals surface area contributed by atoms with Crippen LogP contribution in [0.15, 0.2) is 46.4 Å². The van der Waals surface area contributed by atoms with Gasteiger partial charge in [0.2, 0.25) is 0 Å². The third kappa shape index (κ3) is 3.64. The van der Waals surface area contributed by atoms with E-state index < -0.39 is 17.8 Å². The maximum Gasteiger partial charge on any atom is 0.335 e. The van der Waals surface area contributed by atoms with Gasteiger partial charge in [-0.3, -0.25) is 14.9 Å². The van der Waals surface area contributed by atoms with Crippen molar-refractivity contribution in [2.45, 2.75) is 13.8 Å². The molecule has 0 spiro atoms. The minimum absolute atomic E-state index is 0.108. The molecule has 1 aliphatic rings. The van der Waals surface area contributed by atoms with Gasteiger partial charge in [0.25, 0.3) is 11.8 Å². The van der Waals surface area contributed by atoms with E-state index in [4.69, 9.17) is 4.74 Å². The van der Waals surface area contributed by atoms with Gasteiger partial charge in [-0.05, 0) is 66.9 Å². The summed E-state index contributed by atoms with van der Waals surface area (Å²) in [5.41, 5.74) is 2.67. The Hall–Kier alpha value is -2.93. The lowest BCUT2D eigenvalue weighted by atomic mass is 10.0. The Bertz CT molecular complexity index is 997. The van der Waals surface area contributed by atoms with Crippen LogP contribution in [0.1, 0.15) is 16.7 Å². The molecule has 2 aromatic carbocycles. The fourth-order valence-electron chi connectivity index (χ4n) is 2.75. The van der Waals surface area contributed by atoms with Crippen molar-refractivity contribution in [2.24, 2.45) is 0 Å². The monoisotopic (exact) mass is 428 g/mol. The van der Waals surface area contributed by atoms with Gasteiger partial charge < -0.3 is 4.74 Å². The summed E-state index contributed by atoms with van der Waals surface area (Å²) in [7, 11) is 1.56. The molecule has 0 bridgehead atoms. The fraction of sp³-hybridized carbons (Fsp3) is 0.150. The van der Waals surface area contributed by atoms with Crippen LogP contribution in [-0.2, 0) is 9.59 Å². The summed E-state index contributed by atoms with van der Waals surface area (Å²) >= 11 is 3.39. The van der Waals surface area contributed by atoms with Gasteiger partial charge in [0.1, 0.15) is 11.3 Å². The van der Waals surface area contributed by atoms with Crippen molar-refractivity contribution in [3.05, 3.63) is 63.1 Å². The van der Waals surface area contributed by atoms with Gasteiger partial charge in [-0.2, -0.15) is 0 Å². The van der Waals surface area contributed by atoms with Gasteiger partial charge in [-0.25, -0.2) is 9.69 Å². The van der Waals surface area contributed by atoms with Crippen molar-refractivity contribution in [3.8, 4) is 5.75 Å². The summed E-state index contributed by atoms with van der Waals surface area (Å²) in [5, 5.41) is 2.23. The predicted octanol–water partition coefficient (Wildman–Crippen LogP) is 3.74. The summed E-state index contributed by atoms with van der Waals surface area (Å²) in [6.07, 6.45) is 1.48. The van der Waals surface area contributed by atoms with Crippen LogP contribution in [-0.4, -0.2) is 25.0 Å². The Morgan fingerprint density at radius 1 is 1.04 bits per heavy atom. The van der Waals surface area contributed by atoms with Crippen LogP contribution in [0.5, 0.6) is 5.75 Å². The summed E-state index contributed by atoms with van der Waals surface area (Å²) in [4.78, 5) is 38.4. The highest BCUT2D eigenvalue weighted by atomic mass is 79.9. The maximum absolute atomic E-state index is 12.9. The molecule has 0 radical (unpaired) electrons. The number of anilines is 1. The second-order valence-electron chi connectivity index (χ2n) is 6.11. The van der Waals surface area contributed by atoms with Crippen LogP contribution in [0.4, 0.5) is 10.5 Å². The fourth-order valence-corrected chi connectivity index (χ4v) is 3.00. The summed E-state index contributed by atoms with van der Waals surface area (Å²) in [6, 6.07) is 9.62. The van der Waals surface area contributed by atoms with Gasteiger partial charge in [0, 0.05) is 4.47 Å². The molecular formula is C20H17BrN2O4. The van der Waals surface area contributed by atoms with E-state index in [9.17, 15) is 14.4 Å². The molecule has 27 heavy (non-hydrogen) atoms. The third-order valence-corrected chi connectivity index (χ3v) is 5.17. The van der Waals surface area contributed by atoms with E-state index in [0.717, 1.165) is 20.5 Å². The van der Waals surface area contributed by atoms with Crippen LogP contribution in [0, 0.1) is 13.8 Å². The van der Waals surface area contributed by atoms with E-state index in [1.165, 1.54) is 6.08 Å². The molecule has 0 unspecified atom stereocenters. The number of barbiturate groups is 1.